The minimum absolute atomic E-state index is 0.00467. The SMILES string of the molecule is CC(=O)NC1(c2ccccc2)CCN(C2CCN(c3ccc(-c4nc5ccc(C(F)(F)F)cc5[nH]4)cn3)CC2)CC1. The molecule has 0 bridgehead atoms. The third kappa shape index (κ3) is 5.66. The maximum Gasteiger partial charge on any atom is 0.416 e. The number of pyridine rings is 1. The van der Waals surface area contributed by atoms with Gasteiger partial charge in [-0.3, -0.25) is 4.79 Å². The number of carbonyl (C=O) groups is 1. The van der Waals surface area contributed by atoms with Crippen molar-refractivity contribution in [3.05, 3.63) is 78.0 Å². The number of nitrogens with zero attached hydrogens (tertiary/aromatic N) is 4. The molecule has 7 nitrogen and oxygen atoms in total. The molecule has 6 rings (SSSR count). The average Bonchev–Trinajstić information content (AvgIpc) is 3.41. The lowest BCUT2D eigenvalue weighted by atomic mass is 9.80. The summed E-state index contributed by atoms with van der Waals surface area (Å²) in [6.45, 7) is 5.27. The predicted molar refractivity (Wildman–Crippen MR) is 152 cm³/mol. The number of H-pyrrole nitrogens is 1. The average molecular weight is 563 g/mol. The molecule has 4 heterocycles. The standard InChI is InChI=1S/C31H33F3N6O/c1-21(41)38-30(23-5-3-2-4-6-23)13-17-39(18-14-30)25-11-15-40(16-12-25)28-10-7-22(20-35-28)29-36-26-9-8-24(31(32,33)34)19-27(26)37-29/h2-10,19-20,25H,11-18H2,1H3,(H,36,37)(H,38,41). The highest BCUT2D eigenvalue weighted by molar-refractivity contribution is 5.80. The van der Waals surface area contributed by atoms with E-state index in [9.17, 15) is 18.0 Å². The molecule has 2 aliphatic heterocycles. The quantitative estimate of drug-likeness (QED) is 0.325. The predicted octanol–water partition coefficient (Wildman–Crippen LogP) is 5.74. The van der Waals surface area contributed by atoms with Crippen LogP contribution in [0.3, 0.4) is 0 Å². The summed E-state index contributed by atoms with van der Waals surface area (Å²) in [4.78, 5) is 29.0. The van der Waals surface area contributed by atoms with E-state index in [4.69, 9.17) is 0 Å². The van der Waals surface area contributed by atoms with Crippen LogP contribution in [0.1, 0.15) is 43.7 Å². The van der Waals surface area contributed by atoms with Gasteiger partial charge >= 0.3 is 6.18 Å². The third-order valence-electron chi connectivity index (χ3n) is 8.53. The van der Waals surface area contributed by atoms with Crippen molar-refractivity contribution in [1.82, 2.24) is 25.2 Å². The van der Waals surface area contributed by atoms with Crippen LogP contribution in [-0.4, -0.2) is 58.0 Å². The number of carbonyl (C=O) groups excluding carboxylic acids is 1. The number of anilines is 1. The summed E-state index contributed by atoms with van der Waals surface area (Å²) in [5.41, 5.74) is 1.71. The Bertz CT molecular complexity index is 1500. The summed E-state index contributed by atoms with van der Waals surface area (Å²) in [5, 5.41) is 3.26. The minimum atomic E-state index is -4.40. The van der Waals surface area contributed by atoms with Crippen molar-refractivity contribution < 1.29 is 18.0 Å². The number of benzene rings is 2. The van der Waals surface area contributed by atoms with E-state index < -0.39 is 11.7 Å². The number of likely N-dealkylation sites (tertiary alicyclic amines) is 1. The van der Waals surface area contributed by atoms with Crippen molar-refractivity contribution in [1.29, 1.82) is 0 Å². The molecule has 2 aliphatic rings. The van der Waals surface area contributed by atoms with E-state index in [0.29, 0.717) is 22.9 Å². The first-order valence-electron chi connectivity index (χ1n) is 14.1. The number of hydrogen-bond donors (Lipinski definition) is 2. The molecule has 214 valence electrons. The zero-order valence-corrected chi connectivity index (χ0v) is 22.9. The second kappa shape index (κ2) is 10.8. The van der Waals surface area contributed by atoms with Crippen LogP contribution < -0.4 is 10.2 Å². The Hall–Kier alpha value is -3.92. The van der Waals surface area contributed by atoms with E-state index in [-0.39, 0.29) is 11.4 Å². The van der Waals surface area contributed by atoms with Gasteiger partial charge in [-0.25, -0.2) is 9.97 Å². The van der Waals surface area contributed by atoms with E-state index >= 15 is 0 Å². The highest BCUT2D eigenvalue weighted by atomic mass is 19.4. The van der Waals surface area contributed by atoms with Crippen molar-refractivity contribution in [2.45, 2.75) is 50.4 Å². The van der Waals surface area contributed by atoms with E-state index in [0.717, 1.165) is 75.4 Å². The Kier molecular flexibility index (Phi) is 7.19. The van der Waals surface area contributed by atoms with Crippen molar-refractivity contribution in [2.75, 3.05) is 31.1 Å². The lowest BCUT2D eigenvalue weighted by Crippen LogP contribution is -2.55. The molecule has 10 heteroatoms. The maximum absolute atomic E-state index is 13.1. The third-order valence-corrected chi connectivity index (χ3v) is 8.53. The summed E-state index contributed by atoms with van der Waals surface area (Å²) in [7, 11) is 0. The molecule has 2 fully saturated rings. The van der Waals surface area contributed by atoms with Crippen LogP contribution in [-0.2, 0) is 16.5 Å². The summed E-state index contributed by atoms with van der Waals surface area (Å²) in [5.74, 6) is 1.38. The second-order valence-corrected chi connectivity index (χ2v) is 11.1. The zero-order chi connectivity index (χ0) is 28.6. The molecule has 2 N–H and O–H groups in total. The molecule has 2 aromatic heterocycles. The molecule has 1 amide bonds. The number of aromatic nitrogens is 3. The molecule has 0 radical (unpaired) electrons. The summed E-state index contributed by atoms with van der Waals surface area (Å²) in [6, 6.07) is 18.2. The molecule has 2 saturated heterocycles. The molecule has 0 saturated carbocycles. The Labute approximate surface area is 236 Å². The van der Waals surface area contributed by atoms with Crippen molar-refractivity contribution in [2.24, 2.45) is 0 Å². The van der Waals surface area contributed by atoms with Crippen LogP contribution in [0.5, 0.6) is 0 Å². The fourth-order valence-corrected chi connectivity index (χ4v) is 6.35. The van der Waals surface area contributed by atoms with E-state index in [2.05, 4.69) is 42.2 Å². The maximum atomic E-state index is 13.1. The number of rotatable bonds is 5. The summed E-state index contributed by atoms with van der Waals surface area (Å²) >= 11 is 0. The van der Waals surface area contributed by atoms with Crippen LogP contribution in [0.2, 0.25) is 0 Å². The molecule has 0 aliphatic carbocycles. The van der Waals surface area contributed by atoms with Crippen LogP contribution in [0.15, 0.2) is 66.9 Å². The first-order valence-corrected chi connectivity index (χ1v) is 14.1. The van der Waals surface area contributed by atoms with Gasteiger partial charge in [0.05, 0.1) is 22.1 Å². The van der Waals surface area contributed by atoms with Crippen molar-refractivity contribution in [3.63, 3.8) is 0 Å². The molecule has 0 spiro atoms. The highest BCUT2D eigenvalue weighted by Gasteiger charge is 2.39. The lowest BCUT2D eigenvalue weighted by Gasteiger charge is -2.47. The van der Waals surface area contributed by atoms with Gasteiger partial charge in [-0.2, -0.15) is 13.2 Å². The second-order valence-electron chi connectivity index (χ2n) is 11.1. The molecule has 4 aromatic rings. The Morgan fingerprint density at radius 1 is 1.00 bits per heavy atom. The number of imidazole rings is 1. The fraction of sp³-hybridized carbons (Fsp3) is 0.387. The Balaban J connectivity index is 1.07. The lowest BCUT2D eigenvalue weighted by molar-refractivity contribution is -0.137. The number of hydrogen-bond acceptors (Lipinski definition) is 5. The van der Waals surface area contributed by atoms with Gasteiger partial charge in [0.2, 0.25) is 5.91 Å². The first-order chi connectivity index (χ1) is 19.7. The molecular formula is C31H33F3N6O. The van der Waals surface area contributed by atoms with Gasteiger partial charge < -0.3 is 20.1 Å². The molecule has 41 heavy (non-hydrogen) atoms. The Morgan fingerprint density at radius 2 is 1.73 bits per heavy atom. The minimum Gasteiger partial charge on any atom is -0.357 e. The van der Waals surface area contributed by atoms with Gasteiger partial charge in [-0.15, -0.1) is 0 Å². The Morgan fingerprint density at radius 3 is 2.37 bits per heavy atom. The van der Waals surface area contributed by atoms with Gasteiger partial charge in [-0.05, 0) is 61.6 Å². The van der Waals surface area contributed by atoms with E-state index in [1.165, 1.54) is 11.6 Å². The zero-order valence-electron chi connectivity index (χ0n) is 22.9. The smallest absolute Gasteiger partial charge is 0.357 e. The number of piperidine rings is 2. The first kappa shape index (κ1) is 27.3. The van der Waals surface area contributed by atoms with E-state index in [1.807, 2.05) is 30.3 Å². The number of aromatic amines is 1. The van der Waals surface area contributed by atoms with Crippen LogP contribution >= 0.6 is 0 Å². The summed E-state index contributed by atoms with van der Waals surface area (Å²) in [6.07, 6.45) is 1.17. The van der Waals surface area contributed by atoms with Crippen molar-refractivity contribution in [3.8, 4) is 11.4 Å². The monoisotopic (exact) mass is 562 g/mol. The van der Waals surface area contributed by atoms with Gasteiger partial charge in [0.25, 0.3) is 0 Å². The summed E-state index contributed by atoms with van der Waals surface area (Å²) < 4.78 is 39.2. The van der Waals surface area contributed by atoms with Gasteiger partial charge in [-0.1, -0.05) is 30.3 Å². The number of amides is 1. The van der Waals surface area contributed by atoms with Crippen molar-refractivity contribution >= 4 is 22.8 Å². The van der Waals surface area contributed by atoms with Gasteiger partial charge in [0.1, 0.15) is 11.6 Å². The largest absolute Gasteiger partial charge is 0.416 e. The number of nitrogens with one attached hydrogen (secondary N) is 2. The normalized spacial score (nSPS) is 18.5. The van der Waals surface area contributed by atoms with Crippen LogP contribution in [0.4, 0.5) is 19.0 Å². The highest BCUT2D eigenvalue weighted by Crippen LogP contribution is 2.35. The number of fused-ring (bicyclic) bond motifs is 1. The molecule has 0 unspecified atom stereocenters. The molecule has 0 atom stereocenters. The van der Waals surface area contributed by atoms with Crippen LogP contribution in [0.25, 0.3) is 22.4 Å². The number of halogens is 3. The van der Waals surface area contributed by atoms with Crippen LogP contribution in [0, 0.1) is 0 Å². The fourth-order valence-electron chi connectivity index (χ4n) is 6.35. The van der Waals surface area contributed by atoms with E-state index in [1.54, 1.807) is 13.1 Å². The van der Waals surface area contributed by atoms with Gasteiger partial charge in [0.15, 0.2) is 0 Å². The molecule has 2 aromatic carbocycles. The topological polar surface area (TPSA) is 77.2 Å². The molecular weight excluding hydrogens is 529 g/mol. The van der Waals surface area contributed by atoms with Gasteiger partial charge in [0, 0.05) is 50.9 Å². The number of alkyl halides is 3.